The van der Waals surface area contributed by atoms with Gasteiger partial charge in [-0.2, -0.15) is 0 Å². The Hall–Kier alpha value is -1.89. The van der Waals surface area contributed by atoms with Gasteiger partial charge in [-0.15, -0.1) is 0 Å². The summed E-state index contributed by atoms with van der Waals surface area (Å²) in [5.41, 5.74) is 2.92. The molecule has 0 spiro atoms. The van der Waals surface area contributed by atoms with Crippen LogP contribution in [0.4, 0.5) is 5.82 Å². The highest BCUT2D eigenvalue weighted by molar-refractivity contribution is 5.69. The molecule has 4 N–H and O–H groups in total. The summed E-state index contributed by atoms with van der Waals surface area (Å²) < 4.78 is 4.80. The molecule has 94 valence electrons. The first-order valence-electron chi connectivity index (χ1n) is 5.30. The third-order valence-electron chi connectivity index (χ3n) is 2.17. The number of aromatic amines is 1. The number of nitrogens with two attached hydrogens (primary N) is 1. The van der Waals surface area contributed by atoms with Crippen molar-refractivity contribution in [1.29, 1.82) is 0 Å². The molecule has 1 heterocycles. The van der Waals surface area contributed by atoms with Crippen molar-refractivity contribution in [3.05, 3.63) is 21.7 Å². The Morgan fingerprint density at radius 1 is 1.59 bits per heavy atom. The maximum atomic E-state index is 11.3. The summed E-state index contributed by atoms with van der Waals surface area (Å²) >= 11 is 0. The van der Waals surface area contributed by atoms with Gasteiger partial charge in [0.15, 0.2) is 0 Å². The summed E-state index contributed by atoms with van der Waals surface area (Å²) in [6.07, 6.45) is 0.553. The Balaban J connectivity index is 2.79. The zero-order valence-electron chi connectivity index (χ0n) is 9.87. The van der Waals surface area contributed by atoms with Gasteiger partial charge >= 0.3 is 5.97 Å². The van der Waals surface area contributed by atoms with E-state index in [1.54, 1.807) is 13.8 Å². The standard InChI is InChI=1S/C10H16N4O3/c1-3-17-8(15)5-4-7-9(14-11)13-10(16)6(2)12-7/h3-5,11H2,1-2H3,(H2,13,14,16). The fourth-order valence-electron chi connectivity index (χ4n) is 1.34. The van der Waals surface area contributed by atoms with Gasteiger partial charge in [0.25, 0.3) is 5.56 Å². The molecule has 0 atom stereocenters. The molecule has 1 rings (SSSR count). The minimum Gasteiger partial charge on any atom is -0.466 e. The number of esters is 1. The van der Waals surface area contributed by atoms with Crippen LogP contribution in [-0.2, 0) is 16.0 Å². The molecular weight excluding hydrogens is 224 g/mol. The lowest BCUT2D eigenvalue weighted by Crippen LogP contribution is -2.21. The Morgan fingerprint density at radius 2 is 2.29 bits per heavy atom. The van der Waals surface area contributed by atoms with E-state index >= 15 is 0 Å². The Kier molecular flexibility index (Phi) is 4.65. The van der Waals surface area contributed by atoms with Gasteiger partial charge in [0, 0.05) is 6.42 Å². The second-order valence-corrected chi connectivity index (χ2v) is 3.42. The number of carbonyl (C=O) groups excluding carboxylic acids is 1. The van der Waals surface area contributed by atoms with Crippen molar-refractivity contribution >= 4 is 11.8 Å². The van der Waals surface area contributed by atoms with Crippen molar-refractivity contribution in [2.24, 2.45) is 5.84 Å². The number of nitrogens with zero attached hydrogens (tertiary/aromatic N) is 1. The molecule has 0 radical (unpaired) electrons. The highest BCUT2D eigenvalue weighted by atomic mass is 16.5. The third-order valence-corrected chi connectivity index (χ3v) is 2.17. The number of hydrogen-bond acceptors (Lipinski definition) is 6. The second kappa shape index (κ2) is 6.00. The van der Waals surface area contributed by atoms with Crippen molar-refractivity contribution in [3.8, 4) is 0 Å². The fraction of sp³-hybridized carbons (Fsp3) is 0.500. The summed E-state index contributed by atoms with van der Waals surface area (Å²) in [5, 5.41) is 0. The largest absolute Gasteiger partial charge is 0.466 e. The average molecular weight is 240 g/mol. The highest BCUT2D eigenvalue weighted by Gasteiger charge is 2.10. The summed E-state index contributed by atoms with van der Waals surface area (Å²) in [6, 6.07) is 0. The van der Waals surface area contributed by atoms with E-state index in [1.165, 1.54) is 0 Å². The number of nitrogen functional groups attached to an aromatic ring is 1. The minimum atomic E-state index is -0.308. The molecule has 0 aromatic carbocycles. The van der Waals surface area contributed by atoms with Crippen molar-refractivity contribution in [1.82, 2.24) is 9.97 Å². The van der Waals surface area contributed by atoms with Crippen LogP contribution in [0.5, 0.6) is 0 Å². The van der Waals surface area contributed by atoms with Gasteiger partial charge in [0.2, 0.25) is 0 Å². The van der Waals surface area contributed by atoms with Crippen LogP contribution in [0.15, 0.2) is 4.79 Å². The monoisotopic (exact) mass is 240 g/mol. The first-order chi connectivity index (χ1) is 8.08. The second-order valence-electron chi connectivity index (χ2n) is 3.42. The number of aromatic nitrogens is 2. The molecule has 0 fully saturated rings. The smallest absolute Gasteiger partial charge is 0.306 e. The van der Waals surface area contributed by atoms with Crippen molar-refractivity contribution in [2.75, 3.05) is 12.0 Å². The first-order valence-corrected chi connectivity index (χ1v) is 5.30. The quantitative estimate of drug-likeness (QED) is 0.375. The van der Waals surface area contributed by atoms with E-state index in [9.17, 15) is 9.59 Å². The molecule has 7 heteroatoms. The number of aryl methyl sites for hydroxylation is 2. The van der Waals surface area contributed by atoms with E-state index in [1.807, 2.05) is 0 Å². The normalized spacial score (nSPS) is 10.1. The van der Waals surface area contributed by atoms with Gasteiger partial charge in [-0.3, -0.25) is 9.59 Å². The molecule has 0 saturated heterocycles. The molecular formula is C10H16N4O3. The van der Waals surface area contributed by atoms with Gasteiger partial charge in [-0.1, -0.05) is 0 Å². The Morgan fingerprint density at radius 3 is 2.88 bits per heavy atom. The number of hydrogen-bond donors (Lipinski definition) is 3. The van der Waals surface area contributed by atoms with E-state index in [2.05, 4.69) is 15.4 Å². The lowest BCUT2D eigenvalue weighted by molar-refractivity contribution is -0.143. The predicted octanol–water partition coefficient (Wildman–Crippen LogP) is -0.140. The summed E-state index contributed by atoms with van der Waals surface area (Å²) in [4.78, 5) is 29.1. The number of rotatable bonds is 5. The van der Waals surface area contributed by atoms with E-state index < -0.39 is 0 Å². The zero-order chi connectivity index (χ0) is 12.8. The lowest BCUT2D eigenvalue weighted by atomic mass is 10.2. The van der Waals surface area contributed by atoms with Crippen LogP contribution in [0.25, 0.3) is 0 Å². The summed E-state index contributed by atoms with van der Waals surface area (Å²) in [6.45, 7) is 3.68. The van der Waals surface area contributed by atoms with Crippen LogP contribution in [0.1, 0.15) is 24.7 Å². The molecule has 1 aromatic rings. The average Bonchev–Trinajstić information content (AvgIpc) is 2.30. The number of anilines is 1. The van der Waals surface area contributed by atoms with E-state index in [0.29, 0.717) is 30.2 Å². The summed E-state index contributed by atoms with van der Waals surface area (Å²) in [5.74, 6) is 5.28. The summed E-state index contributed by atoms with van der Waals surface area (Å²) in [7, 11) is 0. The zero-order valence-corrected chi connectivity index (χ0v) is 9.87. The maximum Gasteiger partial charge on any atom is 0.306 e. The number of ether oxygens (including phenoxy) is 1. The van der Waals surface area contributed by atoms with E-state index in [-0.39, 0.29) is 17.9 Å². The Labute approximate surface area is 98.4 Å². The van der Waals surface area contributed by atoms with E-state index in [0.717, 1.165) is 0 Å². The molecule has 0 saturated carbocycles. The van der Waals surface area contributed by atoms with Crippen molar-refractivity contribution < 1.29 is 9.53 Å². The molecule has 17 heavy (non-hydrogen) atoms. The Bertz CT molecular complexity index is 455. The number of nitrogens with one attached hydrogen (secondary N) is 2. The van der Waals surface area contributed by atoms with Gasteiger partial charge in [0.1, 0.15) is 11.5 Å². The van der Waals surface area contributed by atoms with E-state index in [4.69, 9.17) is 10.6 Å². The molecule has 0 aliphatic carbocycles. The van der Waals surface area contributed by atoms with Crippen molar-refractivity contribution in [2.45, 2.75) is 26.7 Å². The third kappa shape index (κ3) is 3.56. The predicted molar refractivity (Wildman–Crippen MR) is 62.4 cm³/mol. The number of H-pyrrole nitrogens is 1. The molecule has 0 bridgehead atoms. The van der Waals surface area contributed by atoms with Crippen LogP contribution in [0, 0.1) is 6.92 Å². The fourth-order valence-corrected chi connectivity index (χ4v) is 1.34. The molecule has 1 aromatic heterocycles. The van der Waals surface area contributed by atoms with Gasteiger partial charge in [0.05, 0.1) is 18.7 Å². The van der Waals surface area contributed by atoms with Crippen LogP contribution < -0.4 is 16.8 Å². The SMILES string of the molecule is CCOC(=O)CCc1nc(C)c(=O)[nH]c1NN. The lowest BCUT2D eigenvalue weighted by Gasteiger charge is -2.08. The topological polar surface area (TPSA) is 110 Å². The maximum absolute atomic E-state index is 11.3. The van der Waals surface area contributed by atoms with Crippen molar-refractivity contribution in [3.63, 3.8) is 0 Å². The van der Waals surface area contributed by atoms with Crippen LogP contribution in [-0.4, -0.2) is 22.5 Å². The number of hydrazine groups is 1. The van der Waals surface area contributed by atoms with Gasteiger partial charge < -0.3 is 15.1 Å². The minimum absolute atomic E-state index is 0.195. The van der Waals surface area contributed by atoms with Gasteiger partial charge in [-0.25, -0.2) is 10.8 Å². The van der Waals surface area contributed by atoms with Crippen LogP contribution >= 0.6 is 0 Å². The molecule has 0 amide bonds. The molecule has 0 unspecified atom stereocenters. The van der Waals surface area contributed by atoms with Gasteiger partial charge in [-0.05, 0) is 13.8 Å². The highest BCUT2D eigenvalue weighted by Crippen LogP contribution is 2.09. The van der Waals surface area contributed by atoms with Crippen LogP contribution in [0.2, 0.25) is 0 Å². The molecule has 0 aliphatic rings. The first kappa shape index (κ1) is 13.2. The van der Waals surface area contributed by atoms with Crippen LogP contribution in [0.3, 0.4) is 0 Å². The molecule has 0 aliphatic heterocycles. The number of carbonyl (C=O) groups is 1. The molecule has 7 nitrogen and oxygen atoms in total.